The molecule has 0 saturated heterocycles. The number of nitrogens with zero attached hydrogens (tertiary/aromatic N) is 1. The molecule has 0 spiro atoms. The van der Waals surface area contributed by atoms with E-state index in [1.165, 1.54) is 35.8 Å². The lowest BCUT2D eigenvalue weighted by molar-refractivity contribution is 0.835. The lowest BCUT2D eigenvalue weighted by Gasteiger charge is -2.16. The van der Waals surface area contributed by atoms with Crippen molar-refractivity contribution >= 4 is 39.5 Å². The number of rotatable bonds is 8. The molecule has 0 fully saturated rings. The minimum Gasteiger partial charge on any atom is -0.260 e. The van der Waals surface area contributed by atoms with Crippen molar-refractivity contribution in [3.05, 3.63) is 29.3 Å². The van der Waals surface area contributed by atoms with Gasteiger partial charge in [0.2, 0.25) is 0 Å². The van der Waals surface area contributed by atoms with E-state index in [2.05, 4.69) is 81.1 Å². The molecular weight excluding hydrogens is 388 g/mol. The second kappa shape index (κ2) is 9.94. The SMILES string of the molecule is CCCCP(I)CC=Nc1c(C(C)C)cccc1C(C)C. The first-order valence-corrected chi connectivity index (χ1v) is 12.5. The van der Waals surface area contributed by atoms with Gasteiger partial charge in [-0.1, -0.05) is 81.3 Å². The Hall–Kier alpha value is 0.0500. The molecule has 0 saturated carbocycles. The predicted octanol–water partition coefficient (Wildman–Crippen LogP) is 7.27. The van der Waals surface area contributed by atoms with E-state index in [-0.39, 0.29) is 5.56 Å². The second-order valence-electron chi connectivity index (χ2n) is 6.13. The van der Waals surface area contributed by atoms with Crippen LogP contribution in [0, 0.1) is 0 Å². The van der Waals surface area contributed by atoms with Gasteiger partial charge < -0.3 is 0 Å². The van der Waals surface area contributed by atoms with Crippen LogP contribution in [0.25, 0.3) is 0 Å². The largest absolute Gasteiger partial charge is 0.260 e. The quantitative estimate of drug-likeness (QED) is 0.240. The lowest BCUT2D eigenvalue weighted by Crippen LogP contribution is -1.96. The van der Waals surface area contributed by atoms with Crippen LogP contribution in [0.3, 0.4) is 0 Å². The number of benzene rings is 1. The molecule has 1 aromatic rings. The lowest BCUT2D eigenvalue weighted by atomic mass is 9.93. The number of hydrogen-bond acceptors (Lipinski definition) is 1. The van der Waals surface area contributed by atoms with Gasteiger partial charge in [0.15, 0.2) is 0 Å². The summed E-state index contributed by atoms with van der Waals surface area (Å²) in [6.45, 7) is 11.3. The second-order valence-corrected chi connectivity index (χ2v) is 12.0. The van der Waals surface area contributed by atoms with Gasteiger partial charge in [0.25, 0.3) is 0 Å². The van der Waals surface area contributed by atoms with Gasteiger partial charge in [0, 0.05) is 12.4 Å². The molecule has 0 bridgehead atoms. The summed E-state index contributed by atoms with van der Waals surface area (Å²) in [6, 6.07) is 6.64. The summed E-state index contributed by atoms with van der Waals surface area (Å²) < 4.78 is 0. The van der Waals surface area contributed by atoms with Gasteiger partial charge >= 0.3 is 0 Å². The molecule has 0 aliphatic rings. The Morgan fingerprint density at radius 3 is 2.19 bits per heavy atom. The van der Waals surface area contributed by atoms with E-state index >= 15 is 0 Å². The third-order valence-electron chi connectivity index (χ3n) is 3.60. The molecule has 1 aromatic carbocycles. The van der Waals surface area contributed by atoms with Crippen LogP contribution in [0.5, 0.6) is 0 Å². The van der Waals surface area contributed by atoms with E-state index in [9.17, 15) is 0 Å². The summed E-state index contributed by atoms with van der Waals surface area (Å²) in [5.74, 6) is 1.05. The molecule has 0 aliphatic carbocycles. The molecule has 1 rings (SSSR count). The Morgan fingerprint density at radius 2 is 1.71 bits per heavy atom. The normalized spacial score (nSPS) is 13.5. The molecule has 0 aromatic heterocycles. The van der Waals surface area contributed by atoms with Crippen LogP contribution in [0.15, 0.2) is 23.2 Å². The van der Waals surface area contributed by atoms with Crippen LogP contribution in [0.1, 0.15) is 70.4 Å². The van der Waals surface area contributed by atoms with Gasteiger partial charge in [-0.05, 0) is 41.1 Å². The number of unbranched alkanes of at least 4 members (excludes halogenated alkanes) is 1. The zero-order chi connectivity index (χ0) is 15.8. The fraction of sp³-hybridized carbons (Fsp3) is 0.611. The minimum atomic E-state index is 0.0881. The first kappa shape index (κ1) is 19.1. The molecule has 0 radical (unpaired) electrons. The predicted molar refractivity (Wildman–Crippen MR) is 108 cm³/mol. The van der Waals surface area contributed by atoms with E-state index in [0.29, 0.717) is 11.8 Å². The molecule has 1 nitrogen and oxygen atoms in total. The molecule has 3 heteroatoms. The van der Waals surface area contributed by atoms with Crippen molar-refractivity contribution in [2.45, 2.75) is 59.3 Å². The average molecular weight is 417 g/mol. The molecule has 0 heterocycles. The molecule has 21 heavy (non-hydrogen) atoms. The van der Waals surface area contributed by atoms with E-state index in [4.69, 9.17) is 4.99 Å². The fourth-order valence-corrected chi connectivity index (χ4v) is 4.96. The highest BCUT2D eigenvalue weighted by Gasteiger charge is 2.12. The van der Waals surface area contributed by atoms with Crippen LogP contribution in [0.4, 0.5) is 5.69 Å². The Balaban J connectivity index is 2.89. The summed E-state index contributed by atoms with van der Waals surface area (Å²) in [5, 5.41) is 0. The standard InChI is InChI=1S/C18H29INP/c1-6-7-12-21(19)13-11-20-18-16(14(2)3)9-8-10-17(18)15(4)5/h8-11,14-15H,6-7,12-13H2,1-5H3. The maximum absolute atomic E-state index is 4.88. The zero-order valence-electron chi connectivity index (χ0n) is 14.1. The number of hydrogen-bond donors (Lipinski definition) is 0. The minimum absolute atomic E-state index is 0.0881. The van der Waals surface area contributed by atoms with E-state index in [1.807, 2.05) is 0 Å². The summed E-state index contributed by atoms with van der Waals surface area (Å²) >= 11 is 2.63. The van der Waals surface area contributed by atoms with Crippen molar-refractivity contribution in [1.29, 1.82) is 0 Å². The van der Waals surface area contributed by atoms with Crippen LogP contribution in [-0.2, 0) is 0 Å². The average Bonchev–Trinajstić information content (AvgIpc) is 2.44. The summed E-state index contributed by atoms with van der Waals surface area (Å²) in [7, 11) is 0. The van der Waals surface area contributed by atoms with E-state index in [0.717, 1.165) is 6.16 Å². The van der Waals surface area contributed by atoms with Gasteiger partial charge in [-0.3, -0.25) is 4.99 Å². The number of aliphatic imine (C=N–C) groups is 1. The molecular formula is C18H29INP. The maximum atomic E-state index is 4.88. The third-order valence-corrected chi connectivity index (χ3v) is 7.59. The van der Waals surface area contributed by atoms with Crippen LogP contribution < -0.4 is 0 Å². The highest BCUT2D eigenvalue weighted by molar-refractivity contribution is 14.2. The zero-order valence-corrected chi connectivity index (χ0v) is 17.1. The molecule has 1 atom stereocenters. The van der Waals surface area contributed by atoms with Gasteiger partial charge in [-0.15, -0.1) is 0 Å². The molecule has 0 amide bonds. The van der Waals surface area contributed by atoms with Gasteiger partial charge in [-0.2, -0.15) is 0 Å². The van der Waals surface area contributed by atoms with Crippen molar-refractivity contribution in [3.63, 3.8) is 0 Å². The smallest absolute Gasteiger partial charge is 0.0694 e. The monoisotopic (exact) mass is 417 g/mol. The highest BCUT2D eigenvalue weighted by Crippen LogP contribution is 2.45. The Kier molecular flexibility index (Phi) is 9.04. The molecule has 1 unspecified atom stereocenters. The summed E-state index contributed by atoms with van der Waals surface area (Å²) in [4.78, 5) is 4.88. The Labute approximate surface area is 145 Å². The molecule has 118 valence electrons. The van der Waals surface area contributed by atoms with Crippen molar-refractivity contribution in [2.75, 3.05) is 12.3 Å². The van der Waals surface area contributed by atoms with Crippen LogP contribution in [-0.4, -0.2) is 18.5 Å². The third kappa shape index (κ3) is 6.36. The van der Waals surface area contributed by atoms with Crippen molar-refractivity contribution in [2.24, 2.45) is 4.99 Å². The first-order valence-electron chi connectivity index (χ1n) is 8.03. The Bertz CT molecular complexity index is 428. The Morgan fingerprint density at radius 1 is 1.14 bits per heavy atom. The number of halogens is 1. The van der Waals surface area contributed by atoms with Crippen LogP contribution >= 0.6 is 27.6 Å². The first-order chi connectivity index (χ1) is 9.97. The van der Waals surface area contributed by atoms with Crippen molar-refractivity contribution in [1.82, 2.24) is 0 Å². The van der Waals surface area contributed by atoms with Gasteiger partial charge in [-0.25, -0.2) is 0 Å². The van der Waals surface area contributed by atoms with Crippen molar-refractivity contribution in [3.8, 4) is 0 Å². The number of para-hydroxylation sites is 1. The summed E-state index contributed by atoms with van der Waals surface area (Å²) in [5.41, 5.74) is 4.07. The van der Waals surface area contributed by atoms with Gasteiger partial charge in [0.1, 0.15) is 0 Å². The fourth-order valence-electron chi connectivity index (χ4n) is 2.30. The maximum Gasteiger partial charge on any atom is 0.0694 e. The molecule has 0 aliphatic heterocycles. The van der Waals surface area contributed by atoms with Crippen LogP contribution in [0.2, 0.25) is 0 Å². The highest BCUT2D eigenvalue weighted by atomic mass is 127. The van der Waals surface area contributed by atoms with E-state index in [1.54, 1.807) is 0 Å². The van der Waals surface area contributed by atoms with Crippen molar-refractivity contribution < 1.29 is 0 Å². The topological polar surface area (TPSA) is 12.4 Å². The summed E-state index contributed by atoms with van der Waals surface area (Å²) in [6.07, 6.45) is 7.32. The van der Waals surface area contributed by atoms with Gasteiger partial charge in [0.05, 0.1) is 5.69 Å². The molecule has 0 N–H and O–H groups in total. The van der Waals surface area contributed by atoms with E-state index < -0.39 is 0 Å².